The highest BCUT2D eigenvalue weighted by Gasteiger charge is 2.49. The number of nitrogens with zero attached hydrogens (tertiary/aromatic N) is 2. The number of hydrogen-bond acceptors (Lipinski definition) is 6. The third-order valence-electron chi connectivity index (χ3n) is 6.96. The van der Waals surface area contributed by atoms with Gasteiger partial charge >= 0.3 is 5.97 Å². The second-order valence-corrected chi connectivity index (χ2v) is 11.0. The molecule has 0 spiro atoms. The molecule has 2 amide bonds. The third kappa shape index (κ3) is 4.18. The van der Waals surface area contributed by atoms with Gasteiger partial charge in [-0.1, -0.05) is 43.2 Å². The van der Waals surface area contributed by atoms with Gasteiger partial charge in [0.1, 0.15) is 6.04 Å². The first kappa shape index (κ1) is 24.1. The van der Waals surface area contributed by atoms with Gasteiger partial charge in [-0.15, -0.1) is 0 Å². The Labute approximate surface area is 209 Å². The first-order chi connectivity index (χ1) is 17.3. The number of sulfonamides is 1. The fourth-order valence-electron chi connectivity index (χ4n) is 5.18. The van der Waals surface area contributed by atoms with Crippen LogP contribution in [0.25, 0.3) is 10.8 Å². The molecule has 0 radical (unpaired) electrons. The molecule has 1 aliphatic heterocycles. The average molecular weight is 507 g/mol. The zero-order valence-corrected chi connectivity index (χ0v) is 20.6. The minimum Gasteiger partial charge on any atom is -0.465 e. The van der Waals surface area contributed by atoms with Gasteiger partial charge in [-0.05, 0) is 60.0 Å². The van der Waals surface area contributed by atoms with Crippen molar-refractivity contribution in [2.45, 2.75) is 49.1 Å². The Morgan fingerprint density at radius 1 is 0.944 bits per heavy atom. The molecule has 186 valence electrons. The van der Waals surface area contributed by atoms with E-state index >= 15 is 0 Å². The van der Waals surface area contributed by atoms with Gasteiger partial charge in [-0.3, -0.25) is 9.59 Å². The Morgan fingerprint density at radius 2 is 1.61 bits per heavy atom. The van der Waals surface area contributed by atoms with E-state index in [0.29, 0.717) is 12.8 Å². The predicted octanol–water partition coefficient (Wildman–Crippen LogP) is 3.89. The van der Waals surface area contributed by atoms with E-state index in [0.717, 1.165) is 28.5 Å². The average Bonchev–Trinajstić information content (AvgIpc) is 3.51. The maximum Gasteiger partial charge on any atom is 0.337 e. The summed E-state index contributed by atoms with van der Waals surface area (Å²) in [5.74, 6) is -1.60. The number of imide groups is 1. The summed E-state index contributed by atoms with van der Waals surface area (Å²) in [6, 6.07) is 16.8. The highest BCUT2D eigenvalue weighted by atomic mass is 32.2. The van der Waals surface area contributed by atoms with E-state index in [1.807, 2.05) is 24.3 Å². The Bertz CT molecular complexity index is 1440. The van der Waals surface area contributed by atoms with Crippen LogP contribution >= 0.6 is 0 Å². The number of rotatable bonds is 6. The lowest BCUT2D eigenvalue weighted by atomic mass is 10.1. The smallest absolute Gasteiger partial charge is 0.337 e. The number of esters is 1. The lowest BCUT2D eigenvalue weighted by Crippen LogP contribution is -2.49. The molecule has 1 saturated heterocycles. The summed E-state index contributed by atoms with van der Waals surface area (Å²) >= 11 is 0. The fourth-order valence-corrected chi connectivity index (χ4v) is 7.04. The van der Waals surface area contributed by atoms with Crippen LogP contribution in [-0.2, 0) is 24.3 Å². The van der Waals surface area contributed by atoms with Gasteiger partial charge in [-0.2, -0.15) is 4.31 Å². The predicted molar refractivity (Wildman–Crippen MR) is 134 cm³/mol. The maximum absolute atomic E-state index is 14.0. The lowest BCUT2D eigenvalue weighted by Gasteiger charge is -2.32. The van der Waals surface area contributed by atoms with Crippen LogP contribution in [0.3, 0.4) is 0 Å². The van der Waals surface area contributed by atoms with Crippen LogP contribution in [0, 0.1) is 0 Å². The van der Waals surface area contributed by atoms with Crippen LogP contribution < -0.4 is 4.90 Å². The summed E-state index contributed by atoms with van der Waals surface area (Å²) in [4.78, 5) is 39.5. The number of methoxy groups -OCH3 is 1. The zero-order chi connectivity index (χ0) is 25.4. The quantitative estimate of drug-likeness (QED) is 0.371. The normalized spacial score (nSPS) is 18.9. The van der Waals surface area contributed by atoms with Gasteiger partial charge in [0.15, 0.2) is 0 Å². The molecule has 2 fully saturated rings. The minimum atomic E-state index is -4.07. The maximum atomic E-state index is 14.0. The molecule has 1 saturated carbocycles. The van der Waals surface area contributed by atoms with E-state index in [2.05, 4.69) is 0 Å². The van der Waals surface area contributed by atoms with E-state index in [-0.39, 0.29) is 28.6 Å². The Balaban J connectivity index is 1.51. The Morgan fingerprint density at radius 3 is 2.28 bits per heavy atom. The Hall–Kier alpha value is -3.56. The summed E-state index contributed by atoms with van der Waals surface area (Å²) in [5, 5.41) is 1.70. The van der Waals surface area contributed by atoms with Gasteiger partial charge < -0.3 is 4.74 Å². The largest absolute Gasteiger partial charge is 0.465 e. The fraction of sp³-hybridized carbons (Fsp3) is 0.296. The standard InChI is InChI=1S/C27H26N2O6S/c1-35-27(32)19-10-13-21(14-11-19)28-25(30)17-24(26(28)31)29(22-8-4-5-9-22)36(33,34)23-15-12-18-6-2-3-7-20(18)16-23/h2-3,6-7,10-16,22,24H,4-5,8-9,17H2,1H3. The van der Waals surface area contributed by atoms with Crippen LogP contribution in [0.2, 0.25) is 0 Å². The van der Waals surface area contributed by atoms with Gasteiger partial charge in [-0.25, -0.2) is 18.1 Å². The van der Waals surface area contributed by atoms with E-state index < -0.39 is 33.8 Å². The molecule has 3 aromatic carbocycles. The summed E-state index contributed by atoms with van der Waals surface area (Å²) in [7, 11) is -2.80. The number of hydrogen-bond donors (Lipinski definition) is 0. The van der Waals surface area contributed by atoms with Crippen LogP contribution in [-0.4, -0.2) is 49.7 Å². The molecule has 8 nitrogen and oxygen atoms in total. The van der Waals surface area contributed by atoms with Crippen molar-refractivity contribution in [3.8, 4) is 0 Å². The van der Waals surface area contributed by atoms with Crippen molar-refractivity contribution >= 4 is 44.3 Å². The van der Waals surface area contributed by atoms with Gasteiger partial charge in [0.2, 0.25) is 15.9 Å². The number of carbonyl (C=O) groups excluding carboxylic acids is 3. The van der Waals surface area contributed by atoms with Crippen molar-refractivity contribution in [2.75, 3.05) is 12.0 Å². The van der Waals surface area contributed by atoms with E-state index in [9.17, 15) is 22.8 Å². The summed E-state index contributed by atoms with van der Waals surface area (Å²) in [6.07, 6.45) is 2.77. The van der Waals surface area contributed by atoms with Crippen molar-refractivity contribution in [3.05, 3.63) is 72.3 Å². The number of benzene rings is 3. The number of fused-ring (bicyclic) bond motifs is 1. The van der Waals surface area contributed by atoms with E-state index in [4.69, 9.17) is 4.74 Å². The van der Waals surface area contributed by atoms with Crippen molar-refractivity contribution in [2.24, 2.45) is 0 Å². The number of carbonyl (C=O) groups is 3. The molecule has 2 aliphatic rings. The van der Waals surface area contributed by atoms with Crippen LogP contribution in [0.1, 0.15) is 42.5 Å². The van der Waals surface area contributed by atoms with E-state index in [1.165, 1.54) is 35.7 Å². The number of anilines is 1. The number of ether oxygens (including phenoxy) is 1. The molecule has 5 rings (SSSR count). The van der Waals surface area contributed by atoms with Crippen LogP contribution in [0.15, 0.2) is 71.6 Å². The monoisotopic (exact) mass is 506 g/mol. The molecule has 9 heteroatoms. The topological polar surface area (TPSA) is 101 Å². The highest BCUT2D eigenvalue weighted by molar-refractivity contribution is 7.89. The number of amides is 2. The molecule has 1 atom stereocenters. The zero-order valence-electron chi connectivity index (χ0n) is 19.8. The molecule has 0 bridgehead atoms. The first-order valence-electron chi connectivity index (χ1n) is 11.9. The highest BCUT2D eigenvalue weighted by Crippen LogP contribution is 2.36. The second-order valence-electron chi connectivity index (χ2n) is 9.11. The first-order valence-corrected chi connectivity index (χ1v) is 13.3. The van der Waals surface area contributed by atoms with Gasteiger partial charge in [0, 0.05) is 6.04 Å². The molecular weight excluding hydrogens is 480 g/mol. The summed E-state index contributed by atoms with van der Waals surface area (Å²) in [6.45, 7) is 0. The molecule has 0 aromatic heterocycles. The Kier molecular flexibility index (Phi) is 6.36. The van der Waals surface area contributed by atoms with Gasteiger partial charge in [0.25, 0.3) is 5.91 Å². The molecule has 3 aromatic rings. The van der Waals surface area contributed by atoms with Crippen LogP contribution in [0.4, 0.5) is 5.69 Å². The van der Waals surface area contributed by atoms with Crippen molar-refractivity contribution in [3.63, 3.8) is 0 Å². The third-order valence-corrected chi connectivity index (χ3v) is 8.91. The molecular formula is C27H26N2O6S. The lowest BCUT2D eigenvalue weighted by molar-refractivity contribution is -0.122. The second kappa shape index (κ2) is 9.48. The van der Waals surface area contributed by atoms with Crippen LogP contribution in [0.5, 0.6) is 0 Å². The van der Waals surface area contributed by atoms with Crippen molar-refractivity contribution < 1.29 is 27.5 Å². The van der Waals surface area contributed by atoms with Gasteiger partial charge in [0.05, 0.1) is 29.7 Å². The minimum absolute atomic E-state index is 0.106. The van der Waals surface area contributed by atoms with Crippen molar-refractivity contribution in [1.82, 2.24) is 4.31 Å². The molecule has 0 N–H and O–H groups in total. The molecule has 1 aliphatic carbocycles. The molecule has 1 heterocycles. The van der Waals surface area contributed by atoms with Crippen molar-refractivity contribution in [1.29, 1.82) is 0 Å². The molecule has 36 heavy (non-hydrogen) atoms. The van der Waals surface area contributed by atoms with E-state index in [1.54, 1.807) is 18.2 Å². The molecule has 1 unspecified atom stereocenters. The summed E-state index contributed by atoms with van der Waals surface area (Å²) in [5.41, 5.74) is 0.568. The SMILES string of the molecule is COC(=O)c1ccc(N2C(=O)CC(N(C3CCCC3)S(=O)(=O)c3ccc4ccccc4c3)C2=O)cc1. The summed E-state index contributed by atoms with van der Waals surface area (Å²) < 4.78 is 34.0.